The highest BCUT2D eigenvalue weighted by Gasteiger charge is 2.14. The predicted molar refractivity (Wildman–Crippen MR) is 91.5 cm³/mol. The van der Waals surface area contributed by atoms with Crippen LogP contribution < -0.4 is 5.73 Å². The number of nitrogens with zero attached hydrogens (tertiary/aromatic N) is 2. The minimum Gasteiger partial charge on any atom is -0.505 e. The van der Waals surface area contributed by atoms with Gasteiger partial charge in [0, 0.05) is 13.0 Å². The predicted octanol–water partition coefficient (Wildman–Crippen LogP) is 2.39. The molecule has 2 aromatic carbocycles. The highest BCUT2D eigenvalue weighted by atomic mass is 19.1. The Bertz CT molecular complexity index is 891. The molecule has 25 heavy (non-hydrogen) atoms. The van der Waals surface area contributed by atoms with E-state index < -0.39 is 17.5 Å². The third-order valence-corrected chi connectivity index (χ3v) is 3.95. The van der Waals surface area contributed by atoms with Gasteiger partial charge >= 0.3 is 0 Å². The molecule has 128 valence electrons. The number of aromatic nitrogens is 2. The third kappa shape index (κ3) is 4.03. The van der Waals surface area contributed by atoms with Crippen LogP contribution in [-0.2, 0) is 24.2 Å². The largest absolute Gasteiger partial charge is 0.505 e. The Hall–Kier alpha value is -3.15. The number of phenolic OH excluding ortho intramolecular Hbond substituents is 1. The van der Waals surface area contributed by atoms with Crippen molar-refractivity contribution in [2.75, 3.05) is 0 Å². The molecule has 0 atom stereocenters. The fraction of sp³-hybridized carbons (Fsp3) is 0.158. The summed E-state index contributed by atoms with van der Waals surface area (Å²) in [6, 6.07) is 14.0. The van der Waals surface area contributed by atoms with Gasteiger partial charge in [-0.05, 0) is 23.3 Å². The molecule has 0 saturated carbocycles. The number of hydrogen-bond donors (Lipinski definition) is 2. The molecule has 5 nitrogen and oxygen atoms in total. The van der Waals surface area contributed by atoms with Crippen LogP contribution in [0, 0.1) is 5.82 Å². The molecule has 1 amide bonds. The lowest BCUT2D eigenvalue weighted by Gasteiger charge is -2.10. The number of primary amides is 1. The number of phenols is 1. The minimum atomic E-state index is -0.670. The van der Waals surface area contributed by atoms with Crippen molar-refractivity contribution in [3.8, 4) is 5.75 Å². The average Bonchev–Trinajstić information content (AvgIpc) is 2.93. The molecule has 3 rings (SSSR count). The molecule has 0 aliphatic rings. The van der Waals surface area contributed by atoms with Crippen molar-refractivity contribution >= 4 is 5.91 Å². The maximum absolute atomic E-state index is 13.2. The fourth-order valence-corrected chi connectivity index (χ4v) is 2.74. The molecule has 0 bridgehead atoms. The monoisotopic (exact) mass is 339 g/mol. The van der Waals surface area contributed by atoms with Gasteiger partial charge < -0.3 is 15.4 Å². The first kappa shape index (κ1) is 16.7. The zero-order valence-corrected chi connectivity index (χ0v) is 13.5. The molecule has 0 unspecified atom stereocenters. The first-order valence-corrected chi connectivity index (χ1v) is 7.85. The fourth-order valence-electron chi connectivity index (χ4n) is 2.74. The van der Waals surface area contributed by atoms with E-state index in [1.165, 1.54) is 12.1 Å². The lowest BCUT2D eigenvalue weighted by atomic mass is 10.1. The lowest BCUT2D eigenvalue weighted by molar-refractivity contribution is -0.117. The standard InChI is InChI=1S/C19H18FN3O2/c20-15-7-6-14(9-18(15)24)11-23-12-22-16(17(23)10-19(21)25)8-13-4-2-1-3-5-13/h1-7,9,12,24H,8,10-11H2,(H2,21,25). The first-order valence-electron chi connectivity index (χ1n) is 7.85. The number of carbonyl (C=O) groups is 1. The van der Waals surface area contributed by atoms with Crippen molar-refractivity contribution in [1.29, 1.82) is 0 Å². The molecule has 0 saturated heterocycles. The topological polar surface area (TPSA) is 81.1 Å². The zero-order chi connectivity index (χ0) is 17.8. The zero-order valence-electron chi connectivity index (χ0n) is 13.5. The first-order chi connectivity index (χ1) is 12.0. The van der Waals surface area contributed by atoms with Gasteiger partial charge in [-0.2, -0.15) is 0 Å². The molecule has 0 aliphatic heterocycles. The molecule has 0 radical (unpaired) electrons. The Balaban J connectivity index is 1.90. The molecule has 3 N–H and O–H groups in total. The van der Waals surface area contributed by atoms with E-state index >= 15 is 0 Å². The van der Waals surface area contributed by atoms with Crippen molar-refractivity contribution in [2.45, 2.75) is 19.4 Å². The summed E-state index contributed by atoms with van der Waals surface area (Å²) < 4.78 is 15.0. The number of aromatic hydroxyl groups is 1. The van der Waals surface area contributed by atoms with E-state index in [-0.39, 0.29) is 6.42 Å². The van der Waals surface area contributed by atoms with Crippen molar-refractivity contribution in [3.63, 3.8) is 0 Å². The Labute approximate surface area is 144 Å². The third-order valence-electron chi connectivity index (χ3n) is 3.95. The second-order valence-electron chi connectivity index (χ2n) is 5.86. The molecule has 0 spiro atoms. The molecule has 1 heterocycles. The van der Waals surface area contributed by atoms with Crippen LogP contribution in [0.3, 0.4) is 0 Å². The van der Waals surface area contributed by atoms with Gasteiger partial charge in [-0.3, -0.25) is 4.79 Å². The summed E-state index contributed by atoms with van der Waals surface area (Å²) in [4.78, 5) is 15.9. The van der Waals surface area contributed by atoms with Crippen molar-refractivity contribution in [3.05, 3.63) is 83.2 Å². The van der Waals surface area contributed by atoms with Crippen LogP contribution in [0.15, 0.2) is 54.9 Å². The van der Waals surface area contributed by atoms with Gasteiger partial charge in [0.2, 0.25) is 5.91 Å². The smallest absolute Gasteiger partial charge is 0.223 e. The van der Waals surface area contributed by atoms with Gasteiger partial charge in [0.25, 0.3) is 0 Å². The normalized spacial score (nSPS) is 10.8. The van der Waals surface area contributed by atoms with Gasteiger partial charge in [0.05, 0.1) is 24.1 Å². The maximum Gasteiger partial charge on any atom is 0.223 e. The summed E-state index contributed by atoms with van der Waals surface area (Å²) in [5, 5.41) is 9.52. The summed E-state index contributed by atoms with van der Waals surface area (Å²) >= 11 is 0. The van der Waals surface area contributed by atoms with Crippen LogP contribution in [0.2, 0.25) is 0 Å². The quantitative estimate of drug-likeness (QED) is 0.723. The molecule has 0 aliphatic carbocycles. The van der Waals surface area contributed by atoms with Crippen LogP contribution in [0.25, 0.3) is 0 Å². The SMILES string of the molecule is NC(=O)Cc1c(Cc2ccccc2)ncn1Cc1ccc(F)c(O)c1. The number of nitrogens with two attached hydrogens (primary N) is 1. The molecule has 3 aromatic rings. The second-order valence-corrected chi connectivity index (χ2v) is 5.86. The maximum atomic E-state index is 13.2. The summed E-state index contributed by atoms with van der Waals surface area (Å²) in [5.41, 5.74) is 8.66. The Kier molecular flexibility index (Phi) is 4.79. The van der Waals surface area contributed by atoms with Crippen LogP contribution >= 0.6 is 0 Å². The second kappa shape index (κ2) is 7.17. The van der Waals surface area contributed by atoms with Gasteiger partial charge in [-0.15, -0.1) is 0 Å². The van der Waals surface area contributed by atoms with Crippen LogP contribution in [0.1, 0.15) is 22.5 Å². The van der Waals surface area contributed by atoms with E-state index in [1.54, 1.807) is 17.0 Å². The number of benzene rings is 2. The summed E-state index contributed by atoms with van der Waals surface area (Å²) in [6.07, 6.45) is 2.29. The number of hydrogen-bond acceptors (Lipinski definition) is 3. The van der Waals surface area contributed by atoms with Gasteiger partial charge in [0.15, 0.2) is 11.6 Å². The van der Waals surface area contributed by atoms with E-state index in [1.807, 2.05) is 30.3 Å². The minimum absolute atomic E-state index is 0.0648. The average molecular weight is 339 g/mol. The van der Waals surface area contributed by atoms with Crippen LogP contribution in [0.5, 0.6) is 5.75 Å². The molecule has 6 heteroatoms. The number of rotatable bonds is 6. The highest BCUT2D eigenvalue weighted by molar-refractivity contribution is 5.76. The Morgan fingerprint density at radius 2 is 1.92 bits per heavy atom. The summed E-state index contributed by atoms with van der Waals surface area (Å²) in [7, 11) is 0. The molecular weight excluding hydrogens is 321 g/mol. The molecule has 0 fully saturated rings. The lowest BCUT2D eigenvalue weighted by Crippen LogP contribution is -2.18. The van der Waals surface area contributed by atoms with E-state index in [4.69, 9.17) is 5.73 Å². The van der Waals surface area contributed by atoms with E-state index in [0.717, 1.165) is 17.0 Å². The van der Waals surface area contributed by atoms with E-state index in [2.05, 4.69) is 4.98 Å². The van der Waals surface area contributed by atoms with Crippen molar-refractivity contribution in [1.82, 2.24) is 9.55 Å². The van der Waals surface area contributed by atoms with E-state index in [0.29, 0.717) is 18.5 Å². The van der Waals surface area contributed by atoms with Crippen LogP contribution in [-0.4, -0.2) is 20.6 Å². The van der Waals surface area contributed by atoms with Gasteiger partial charge in [-0.25, -0.2) is 9.37 Å². The number of halogens is 1. The van der Waals surface area contributed by atoms with Crippen molar-refractivity contribution in [2.24, 2.45) is 5.73 Å². The Morgan fingerprint density at radius 1 is 1.16 bits per heavy atom. The number of carbonyl (C=O) groups excluding carboxylic acids is 1. The van der Waals surface area contributed by atoms with E-state index in [9.17, 15) is 14.3 Å². The molecule has 1 aromatic heterocycles. The molecular formula is C19H18FN3O2. The van der Waals surface area contributed by atoms with Gasteiger partial charge in [-0.1, -0.05) is 36.4 Å². The summed E-state index contributed by atoms with van der Waals surface area (Å²) in [5.74, 6) is -1.52. The summed E-state index contributed by atoms with van der Waals surface area (Å²) in [6.45, 7) is 0.359. The van der Waals surface area contributed by atoms with Crippen LogP contribution in [0.4, 0.5) is 4.39 Å². The highest BCUT2D eigenvalue weighted by Crippen LogP contribution is 2.20. The number of amides is 1. The number of imidazole rings is 1. The van der Waals surface area contributed by atoms with Crippen molar-refractivity contribution < 1.29 is 14.3 Å². The van der Waals surface area contributed by atoms with Gasteiger partial charge in [0.1, 0.15) is 0 Å². The Morgan fingerprint density at radius 3 is 2.60 bits per heavy atom.